The minimum Gasteiger partial charge on any atom is -0.293 e. The van der Waals surface area contributed by atoms with Crippen LogP contribution in [0.15, 0.2) is 6.07 Å². The second-order valence-electron chi connectivity index (χ2n) is 5.18. The number of aryl methyl sites for hydroxylation is 2. The van der Waals surface area contributed by atoms with E-state index in [9.17, 15) is 4.79 Å². The van der Waals surface area contributed by atoms with Crippen molar-refractivity contribution in [2.45, 2.75) is 46.5 Å². The van der Waals surface area contributed by atoms with Gasteiger partial charge in [0.25, 0.3) is 0 Å². The lowest BCUT2D eigenvalue weighted by Gasteiger charge is -2.25. The molecule has 0 radical (unpaired) electrons. The molecule has 0 amide bonds. The molecule has 1 aromatic heterocycles. The third-order valence-corrected chi connectivity index (χ3v) is 4.88. The standard InChI is InChI=1S/C14H20OS/c1-9-5-4-6-12(7-9)14(15)13-8-10(2)11(3)16-13/h8-9,12H,4-7H2,1-3H3. The first-order valence-corrected chi connectivity index (χ1v) is 7.01. The van der Waals surface area contributed by atoms with Gasteiger partial charge in [0.2, 0.25) is 0 Å². The van der Waals surface area contributed by atoms with Crippen molar-refractivity contribution in [3.8, 4) is 0 Å². The summed E-state index contributed by atoms with van der Waals surface area (Å²) < 4.78 is 0. The van der Waals surface area contributed by atoms with Crippen LogP contribution in [-0.4, -0.2) is 5.78 Å². The highest BCUT2D eigenvalue weighted by Crippen LogP contribution is 2.33. The predicted molar refractivity (Wildman–Crippen MR) is 69.2 cm³/mol. The number of hydrogen-bond donors (Lipinski definition) is 0. The van der Waals surface area contributed by atoms with Gasteiger partial charge in [-0.25, -0.2) is 0 Å². The Bertz CT molecular complexity index is 372. The van der Waals surface area contributed by atoms with E-state index in [1.807, 2.05) is 0 Å². The summed E-state index contributed by atoms with van der Waals surface area (Å²) in [5.74, 6) is 1.42. The van der Waals surface area contributed by atoms with Gasteiger partial charge in [-0.2, -0.15) is 0 Å². The van der Waals surface area contributed by atoms with Crippen LogP contribution in [0.1, 0.15) is 52.7 Å². The summed E-state index contributed by atoms with van der Waals surface area (Å²) >= 11 is 1.67. The summed E-state index contributed by atoms with van der Waals surface area (Å²) in [6.07, 6.45) is 4.71. The highest BCUT2D eigenvalue weighted by molar-refractivity contribution is 7.14. The van der Waals surface area contributed by atoms with Crippen molar-refractivity contribution < 1.29 is 4.79 Å². The quantitative estimate of drug-likeness (QED) is 0.697. The van der Waals surface area contributed by atoms with Gasteiger partial charge in [0.1, 0.15) is 0 Å². The Morgan fingerprint density at radius 3 is 2.69 bits per heavy atom. The summed E-state index contributed by atoms with van der Waals surface area (Å²) in [5, 5.41) is 0. The van der Waals surface area contributed by atoms with Gasteiger partial charge >= 0.3 is 0 Å². The average molecular weight is 236 g/mol. The van der Waals surface area contributed by atoms with Crippen LogP contribution in [0, 0.1) is 25.7 Å². The fraction of sp³-hybridized carbons (Fsp3) is 0.643. The lowest BCUT2D eigenvalue weighted by atomic mass is 9.80. The SMILES string of the molecule is Cc1cc(C(=O)C2CCCC(C)C2)sc1C. The normalized spacial score (nSPS) is 25.7. The van der Waals surface area contributed by atoms with Crippen molar-refractivity contribution in [1.82, 2.24) is 0 Å². The van der Waals surface area contributed by atoms with Gasteiger partial charge in [0, 0.05) is 10.8 Å². The molecule has 0 N–H and O–H groups in total. The van der Waals surface area contributed by atoms with Crippen molar-refractivity contribution >= 4 is 17.1 Å². The van der Waals surface area contributed by atoms with E-state index in [0.717, 1.165) is 23.6 Å². The monoisotopic (exact) mass is 236 g/mol. The van der Waals surface area contributed by atoms with Gasteiger partial charge in [-0.1, -0.05) is 19.8 Å². The summed E-state index contributed by atoms with van der Waals surface area (Å²) in [5.41, 5.74) is 1.26. The molecule has 16 heavy (non-hydrogen) atoms. The number of rotatable bonds is 2. The Morgan fingerprint density at radius 1 is 1.38 bits per heavy atom. The molecule has 2 unspecified atom stereocenters. The number of hydrogen-bond acceptors (Lipinski definition) is 2. The lowest BCUT2D eigenvalue weighted by Crippen LogP contribution is -2.21. The van der Waals surface area contributed by atoms with E-state index in [1.165, 1.54) is 23.3 Å². The van der Waals surface area contributed by atoms with Gasteiger partial charge < -0.3 is 0 Å². The van der Waals surface area contributed by atoms with Crippen molar-refractivity contribution in [3.05, 3.63) is 21.4 Å². The molecule has 0 aromatic carbocycles. The molecule has 0 saturated heterocycles. The second kappa shape index (κ2) is 4.70. The number of thiophene rings is 1. The molecule has 1 saturated carbocycles. The third kappa shape index (κ3) is 2.37. The van der Waals surface area contributed by atoms with Crippen LogP contribution in [0.5, 0.6) is 0 Å². The zero-order chi connectivity index (χ0) is 11.7. The molecule has 0 aliphatic heterocycles. The molecule has 0 spiro atoms. The molecule has 1 heterocycles. The van der Waals surface area contributed by atoms with Gasteiger partial charge in [0.15, 0.2) is 5.78 Å². The summed E-state index contributed by atoms with van der Waals surface area (Å²) in [6.45, 7) is 6.46. The van der Waals surface area contributed by atoms with Crippen molar-refractivity contribution in [2.24, 2.45) is 11.8 Å². The van der Waals surface area contributed by atoms with E-state index in [1.54, 1.807) is 11.3 Å². The van der Waals surface area contributed by atoms with E-state index in [2.05, 4.69) is 26.8 Å². The Kier molecular flexibility index (Phi) is 3.48. The zero-order valence-corrected chi connectivity index (χ0v) is 11.2. The van der Waals surface area contributed by atoms with Crippen LogP contribution >= 0.6 is 11.3 Å². The van der Waals surface area contributed by atoms with Crippen LogP contribution in [0.25, 0.3) is 0 Å². The molecule has 2 rings (SSSR count). The van der Waals surface area contributed by atoms with E-state index in [-0.39, 0.29) is 0 Å². The summed E-state index contributed by atoms with van der Waals surface area (Å²) in [4.78, 5) is 14.6. The predicted octanol–water partition coefficient (Wildman–Crippen LogP) is 4.37. The highest BCUT2D eigenvalue weighted by atomic mass is 32.1. The Hall–Kier alpha value is -0.630. The number of ketones is 1. The number of Topliss-reactive ketones (excluding diaryl/α,β-unsaturated/α-hetero) is 1. The van der Waals surface area contributed by atoms with E-state index < -0.39 is 0 Å². The minimum absolute atomic E-state index is 0.293. The molecular weight excluding hydrogens is 216 g/mol. The van der Waals surface area contributed by atoms with E-state index in [4.69, 9.17) is 0 Å². The van der Waals surface area contributed by atoms with Crippen molar-refractivity contribution in [1.29, 1.82) is 0 Å². The van der Waals surface area contributed by atoms with E-state index >= 15 is 0 Å². The second-order valence-corrected chi connectivity index (χ2v) is 6.44. The number of carbonyl (C=O) groups is 1. The van der Waals surface area contributed by atoms with Crippen LogP contribution in [0.3, 0.4) is 0 Å². The maximum atomic E-state index is 12.3. The van der Waals surface area contributed by atoms with E-state index in [0.29, 0.717) is 11.7 Å². The lowest BCUT2D eigenvalue weighted by molar-refractivity contribution is 0.0872. The molecule has 1 aliphatic rings. The molecule has 1 aliphatic carbocycles. The van der Waals surface area contributed by atoms with Crippen LogP contribution in [-0.2, 0) is 0 Å². The van der Waals surface area contributed by atoms with Gasteiger partial charge in [-0.15, -0.1) is 11.3 Å². The summed E-state index contributed by atoms with van der Waals surface area (Å²) in [6, 6.07) is 2.07. The van der Waals surface area contributed by atoms with Gasteiger partial charge in [-0.3, -0.25) is 4.79 Å². The van der Waals surface area contributed by atoms with Crippen molar-refractivity contribution in [3.63, 3.8) is 0 Å². The topological polar surface area (TPSA) is 17.1 Å². The first kappa shape index (κ1) is 11.8. The highest BCUT2D eigenvalue weighted by Gasteiger charge is 2.26. The number of carbonyl (C=O) groups excluding carboxylic acids is 1. The maximum Gasteiger partial charge on any atom is 0.175 e. The molecular formula is C14H20OS. The fourth-order valence-electron chi connectivity index (χ4n) is 2.57. The smallest absolute Gasteiger partial charge is 0.175 e. The van der Waals surface area contributed by atoms with Crippen LogP contribution in [0.4, 0.5) is 0 Å². The first-order valence-electron chi connectivity index (χ1n) is 6.19. The Labute approximate surface area is 102 Å². The average Bonchev–Trinajstić information content (AvgIpc) is 2.58. The molecule has 2 atom stereocenters. The molecule has 1 fully saturated rings. The molecule has 0 bridgehead atoms. The van der Waals surface area contributed by atoms with Gasteiger partial charge in [-0.05, 0) is 44.2 Å². The first-order chi connectivity index (χ1) is 7.58. The molecule has 2 heteroatoms. The third-order valence-electron chi connectivity index (χ3n) is 3.72. The fourth-order valence-corrected chi connectivity index (χ4v) is 3.62. The zero-order valence-electron chi connectivity index (χ0n) is 10.4. The molecule has 88 valence electrons. The Morgan fingerprint density at radius 2 is 2.12 bits per heavy atom. The minimum atomic E-state index is 0.293. The molecule has 1 nitrogen and oxygen atoms in total. The Balaban J connectivity index is 2.12. The largest absolute Gasteiger partial charge is 0.293 e. The maximum absolute atomic E-state index is 12.3. The molecule has 1 aromatic rings. The summed E-state index contributed by atoms with van der Waals surface area (Å²) in [7, 11) is 0. The van der Waals surface area contributed by atoms with Crippen molar-refractivity contribution in [2.75, 3.05) is 0 Å². The van der Waals surface area contributed by atoms with Gasteiger partial charge in [0.05, 0.1) is 4.88 Å². The van der Waals surface area contributed by atoms with Crippen LogP contribution < -0.4 is 0 Å². The van der Waals surface area contributed by atoms with Crippen LogP contribution in [0.2, 0.25) is 0 Å².